The Morgan fingerprint density at radius 1 is 1.11 bits per heavy atom. The molecule has 0 spiro atoms. The number of carbonyl (C=O) groups is 3. The van der Waals surface area contributed by atoms with Gasteiger partial charge >= 0.3 is 0 Å². The highest BCUT2D eigenvalue weighted by molar-refractivity contribution is 6.28. The van der Waals surface area contributed by atoms with Crippen molar-refractivity contribution in [1.82, 2.24) is 15.1 Å². The molecule has 3 amide bonds. The van der Waals surface area contributed by atoms with Crippen LogP contribution in [0.25, 0.3) is 0 Å². The van der Waals surface area contributed by atoms with E-state index in [1.54, 1.807) is 22.9 Å². The number of aliphatic hydroxyl groups excluding tert-OH is 1. The van der Waals surface area contributed by atoms with E-state index in [9.17, 15) is 14.4 Å². The molecule has 3 heterocycles. The van der Waals surface area contributed by atoms with E-state index in [0.717, 1.165) is 19.4 Å². The number of amides is 3. The summed E-state index contributed by atoms with van der Waals surface area (Å²) in [6.45, 7) is 12.8. The lowest BCUT2D eigenvalue weighted by molar-refractivity contribution is -0.136. The lowest BCUT2D eigenvalue weighted by Gasteiger charge is -2.40. The standard InChI is InChI=1S/C24H33F2N5O4.C7H9ClO/c1-28(20-2-3-21(33)27-24(20)35)17-12-18(25)23(19(26)13-17)31-10-8-29(9-11-31)14-16-4-6-30(7-5-16)22(34)15-32;1-4-5-6(2)9-7(3)8/h12-13,16,20,32H,2-11,14-15H2,1H3,(H,27,33,35);4-5H,2-3H2,1H3/b;5-4-. The number of hydrogen-bond donors (Lipinski definition) is 2. The first-order chi connectivity index (χ1) is 20.9. The third-order valence-electron chi connectivity index (χ3n) is 7.99. The molecule has 0 radical (unpaired) electrons. The number of likely N-dealkylation sites (N-methyl/N-ethyl adjacent to an activating group) is 1. The van der Waals surface area contributed by atoms with Crippen molar-refractivity contribution in [3.8, 4) is 0 Å². The molecular formula is C31H42ClF2N5O5. The number of rotatable bonds is 9. The van der Waals surface area contributed by atoms with Crippen LogP contribution in [0.4, 0.5) is 20.2 Å². The zero-order valence-corrected chi connectivity index (χ0v) is 26.1. The van der Waals surface area contributed by atoms with Gasteiger partial charge in [0.1, 0.15) is 24.1 Å². The van der Waals surface area contributed by atoms with Crippen molar-refractivity contribution in [3.05, 3.63) is 60.1 Å². The van der Waals surface area contributed by atoms with Gasteiger partial charge in [0.2, 0.25) is 17.7 Å². The molecule has 1 aromatic carbocycles. The van der Waals surface area contributed by atoms with Crippen molar-refractivity contribution in [2.75, 3.05) is 69.3 Å². The van der Waals surface area contributed by atoms with Gasteiger partial charge in [-0.2, -0.15) is 0 Å². The van der Waals surface area contributed by atoms with Crippen molar-refractivity contribution >= 4 is 40.7 Å². The molecule has 2 N–H and O–H groups in total. The maximum absolute atomic E-state index is 15.1. The second kappa shape index (κ2) is 16.6. The molecule has 0 bridgehead atoms. The lowest BCUT2D eigenvalue weighted by Crippen LogP contribution is -2.51. The zero-order valence-electron chi connectivity index (χ0n) is 25.4. The lowest BCUT2D eigenvalue weighted by atomic mass is 9.96. The molecule has 1 unspecified atom stereocenters. The highest BCUT2D eigenvalue weighted by Crippen LogP contribution is 2.31. The van der Waals surface area contributed by atoms with Crippen LogP contribution in [-0.2, 0) is 19.1 Å². The van der Waals surface area contributed by atoms with Gasteiger partial charge in [-0.25, -0.2) is 8.78 Å². The van der Waals surface area contributed by atoms with Gasteiger partial charge in [-0.1, -0.05) is 12.7 Å². The second-order valence-electron chi connectivity index (χ2n) is 11.0. The van der Waals surface area contributed by atoms with E-state index >= 15 is 8.78 Å². The number of likely N-dealkylation sites (tertiary alicyclic amines) is 1. The van der Waals surface area contributed by atoms with Crippen LogP contribution >= 0.6 is 11.6 Å². The second-order valence-corrected chi connectivity index (χ2v) is 11.5. The Bertz CT molecular complexity index is 1220. The van der Waals surface area contributed by atoms with Gasteiger partial charge in [0.25, 0.3) is 0 Å². The number of hydrogen-bond acceptors (Lipinski definition) is 8. The number of nitrogens with zero attached hydrogens (tertiary/aromatic N) is 4. The van der Waals surface area contributed by atoms with Gasteiger partial charge in [0.15, 0.2) is 16.9 Å². The Balaban J connectivity index is 0.000000512. The van der Waals surface area contributed by atoms with Crippen LogP contribution in [0.1, 0.15) is 32.6 Å². The molecule has 44 heavy (non-hydrogen) atoms. The smallest absolute Gasteiger partial charge is 0.249 e. The van der Waals surface area contributed by atoms with Crippen LogP contribution in [-0.4, -0.2) is 98.1 Å². The van der Waals surface area contributed by atoms with Gasteiger partial charge in [-0.05, 0) is 68.5 Å². The number of halogens is 3. The van der Waals surface area contributed by atoms with Crippen molar-refractivity contribution in [3.63, 3.8) is 0 Å². The highest BCUT2D eigenvalue weighted by atomic mass is 35.5. The fraction of sp³-hybridized carbons (Fsp3) is 0.516. The van der Waals surface area contributed by atoms with E-state index in [1.165, 1.54) is 17.0 Å². The fourth-order valence-electron chi connectivity index (χ4n) is 5.64. The summed E-state index contributed by atoms with van der Waals surface area (Å²) in [5, 5.41) is 11.4. The molecule has 1 aromatic rings. The van der Waals surface area contributed by atoms with Gasteiger partial charge in [0, 0.05) is 65.0 Å². The van der Waals surface area contributed by atoms with Crippen LogP contribution in [0.5, 0.6) is 0 Å². The third-order valence-corrected chi connectivity index (χ3v) is 8.07. The van der Waals surface area contributed by atoms with Crippen LogP contribution in [0, 0.1) is 17.6 Å². The number of aliphatic hydroxyl groups is 1. The molecule has 10 nitrogen and oxygen atoms in total. The monoisotopic (exact) mass is 637 g/mol. The zero-order chi connectivity index (χ0) is 32.4. The van der Waals surface area contributed by atoms with E-state index in [4.69, 9.17) is 21.4 Å². The predicted octanol–water partition coefficient (Wildman–Crippen LogP) is 3.36. The maximum Gasteiger partial charge on any atom is 0.249 e. The topological polar surface area (TPSA) is 106 Å². The summed E-state index contributed by atoms with van der Waals surface area (Å²) in [6, 6.07) is 1.83. The molecule has 1 atom stereocenters. The van der Waals surface area contributed by atoms with Crippen LogP contribution in [0.15, 0.2) is 48.4 Å². The summed E-state index contributed by atoms with van der Waals surface area (Å²) in [6.07, 6.45) is 5.77. The number of piperidine rings is 2. The minimum Gasteiger partial charge on any atom is -0.447 e. The van der Waals surface area contributed by atoms with Crippen molar-refractivity contribution in [2.45, 2.75) is 38.6 Å². The van der Waals surface area contributed by atoms with Gasteiger partial charge in [-0.15, -0.1) is 0 Å². The minimum atomic E-state index is -0.673. The number of benzene rings is 1. The molecule has 13 heteroatoms. The van der Waals surface area contributed by atoms with E-state index < -0.39 is 30.2 Å². The van der Waals surface area contributed by atoms with Gasteiger partial charge in [-0.3, -0.25) is 24.6 Å². The van der Waals surface area contributed by atoms with E-state index in [1.807, 2.05) is 13.0 Å². The molecule has 3 aliphatic heterocycles. The Morgan fingerprint density at radius 2 is 1.73 bits per heavy atom. The largest absolute Gasteiger partial charge is 0.447 e. The van der Waals surface area contributed by atoms with Crippen LogP contribution in [0.2, 0.25) is 0 Å². The number of carbonyl (C=O) groups excluding carboxylic acids is 3. The minimum absolute atomic E-state index is 0.0547. The van der Waals surface area contributed by atoms with Crippen molar-refractivity contribution in [1.29, 1.82) is 0 Å². The summed E-state index contributed by atoms with van der Waals surface area (Å²) >= 11 is 5.30. The van der Waals surface area contributed by atoms with E-state index in [0.29, 0.717) is 57.4 Å². The van der Waals surface area contributed by atoms with Crippen molar-refractivity contribution < 1.29 is 33.0 Å². The highest BCUT2D eigenvalue weighted by Gasteiger charge is 2.32. The number of allylic oxidation sites excluding steroid dienone is 2. The number of ether oxygens (including phenoxy) is 1. The molecule has 242 valence electrons. The van der Waals surface area contributed by atoms with Gasteiger partial charge in [0.05, 0.1) is 0 Å². The summed E-state index contributed by atoms with van der Waals surface area (Å²) in [4.78, 5) is 42.4. The number of anilines is 2. The SMILES string of the molecule is C=C(Cl)OC(=C)/C=C\C.CN(c1cc(F)c(N2CCN(CC3CCN(C(=O)CO)CC3)CC2)c(F)c1)C1CCC(=O)NC1=O. The maximum atomic E-state index is 15.1. The Morgan fingerprint density at radius 3 is 2.25 bits per heavy atom. The quantitative estimate of drug-likeness (QED) is 0.241. The molecule has 3 fully saturated rings. The first-order valence-corrected chi connectivity index (χ1v) is 15.1. The average molecular weight is 638 g/mol. The molecule has 3 aliphatic rings. The molecular weight excluding hydrogens is 596 g/mol. The Kier molecular flexibility index (Phi) is 13.2. The summed E-state index contributed by atoms with van der Waals surface area (Å²) in [7, 11) is 1.59. The first-order valence-electron chi connectivity index (χ1n) is 14.7. The van der Waals surface area contributed by atoms with Crippen molar-refractivity contribution in [2.24, 2.45) is 5.92 Å². The van der Waals surface area contributed by atoms with E-state index in [-0.39, 0.29) is 34.8 Å². The van der Waals surface area contributed by atoms with Gasteiger partial charge < -0.3 is 24.5 Å². The summed E-state index contributed by atoms with van der Waals surface area (Å²) in [5.41, 5.74) is 0.198. The first kappa shape index (κ1) is 35.0. The number of piperazine rings is 1. The molecule has 3 saturated heterocycles. The molecule has 0 aliphatic carbocycles. The van der Waals surface area contributed by atoms with Crippen LogP contribution in [0.3, 0.4) is 0 Å². The Hall–Kier alpha value is -3.48. The average Bonchev–Trinajstić information content (AvgIpc) is 2.97. The Labute approximate surface area is 262 Å². The van der Waals surface area contributed by atoms with E-state index in [2.05, 4.69) is 23.4 Å². The third kappa shape index (κ3) is 9.76. The molecule has 0 saturated carbocycles. The normalized spacial score (nSPS) is 19.7. The predicted molar refractivity (Wildman–Crippen MR) is 166 cm³/mol. The summed E-state index contributed by atoms with van der Waals surface area (Å²) in [5.74, 6) is -1.42. The molecule has 0 aromatic heterocycles. The number of nitrogens with one attached hydrogen (secondary N) is 1. The fourth-order valence-corrected chi connectivity index (χ4v) is 5.73. The number of imide groups is 1. The summed E-state index contributed by atoms with van der Waals surface area (Å²) < 4.78 is 34.9. The molecule has 4 rings (SSSR count). The van der Waals surface area contributed by atoms with Crippen LogP contribution < -0.4 is 15.1 Å².